The van der Waals surface area contributed by atoms with E-state index in [1.165, 1.54) is 18.7 Å². The van der Waals surface area contributed by atoms with Gasteiger partial charge in [0.25, 0.3) is 0 Å². The summed E-state index contributed by atoms with van der Waals surface area (Å²) >= 11 is 1.17. The Hall–Kier alpha value is -1.57. The van der Waals surface area contributed by atoms with Crippen LogP contribution in [0.5, 0.6) is 0 Å². The molecular weight excluding hydrogens is 286 g/mol. The Kier molecular flexibility index (Phi) is 6.00. The Morgan fingerprint density at radius 3 is 2.55 bits per heavy atom. The Balaban J connectivity index is 2.49. The molecule has 0 spiro atoms. The number of carbonyl (C=O) groups excluding carboxylic acids is 2. The van der Waals surface area contributed by atoms with Gasteiger partial charge in [-0.25, -0.2) is 4.79 Å². The first-order chi connectivity index (χ1) is 9.32. The van der Waals surface area contributed by atoms with Gasteiger partial charge in [0, 0.05) is 30.8 Å². The van der Waals surface area contributed by atoms with E-state index < -0.39 is 35.7 Å². The Morgan fingerprint density at radius 2 is 2.05 bits per heavy atom. The Labute approximate surface area is 120 Å². The number of hydrogen-bond donors (Lipinski definition) is 3. The van der Waals surface area contributed by atoms with Crippen LogP contribution >= 0.6 is 11.8 Å². The summed E-state index contributed by atoms with van der Waals surface area (Å²) in [5.41, 5.74) is 0. The highest BCUT2D eigenvalue weighted by atomic mass is 32.2. The molecule has 1 aliphatic carbocycles. The lowest BCUT2D eigenvalue weighted by Crippen LogP contribution is -2.41. The van der Waals surface area contributed by atoms with Gasteiger partial charge in [0.1, 0.15) is 11.8 Å². The number of carboxylic acid groups (broad SMARTS) is 2. The van der Waals surface area contributed by atoms with Gasteiger partial charge in [-0.15, -0.1) is 0 Å². The summed E-state index contributed by atoms with van der Waals surface area (Å²) in [5, 5.41) is 20.2. The van der Waals surface area contributed by atoms with Gasteiger partial charge in [0.15, 0.2) is 0 Å². The van der Waals surface area contributed by atoms with E-state index in [1.807, 2.05) is 0 Å². The zero-order chi connectivity index (χ0) is 15.3. The van der Waals surface area contributed by atoms with Crippen LogP contribution in [0.25, 0.3) is 0 Å². The molecular formula is C12H17NO6S. The fourth-order valence-corrected chi connectivity index (χ4v) is 3.42. The van der Waals surface area contributed by atoms with E-state index in [-0.39, 0.29) is 23.7 Å². The predicted octanol–water partition coefficient (Wildman–Crippen LogP) is -0.0112. The summed E-state index contributed by atoms with van der Waals surface area (Å²) in [5.74, 6) is -3.55. The third-order valence-electron chi connectivity index (χ3n) is 3.18. The highest BCUT2D eigenvalue weighted by molar-refractivity contribution is 7.99. The zero-order valence-corrected chi connectivity index (χ0v) is 11.8. The number of ketones is 1. The predicted molar refractivity (Wildman–Crippen MR) is 71.4 cm³/mol. The highest BCUT2D eigenvalue weighted by Gasteiger charge is 2.39. The molecule has 0 aromatic heterocycles. The number of carboxylic acids is 2. The number of rotatable bonds is 7. The fourth-order valence-electron chi connectivity index (χ4n) is 2.15. The molecule has 1 rings (SSSR count). The van der Waals surface area contributed by atoms with Crippen molar-refractivity contribution in [3.8, 4) is 0 Å². The Bertz CT molecular complexity index is 424. The quantitative estimate of drug-likeness (QED) is 0.604. The van der Waals surface area contributed by atoms with E-state index >= 15 is 0 Å². The van der Waals surface area contributed by atoms with E-state index in [1.54, 1.807) is 0 Å². The van der Waals surface area contributed by atoms with Crippen molar-refractivity contribution in [2.45, 2.75) is 25.8 Å². The van der Waals surface area contributed by atoms with Crippen LogP contribution in [0.1, 0.15) is 19.8 Å². The maximum Gasteiger partial charge on any atom is 0.327 e. The van der Waals surface area contributed by atoms with Crippen molar-refractivity contribution in [1.29, 1.82) is 0 Å². The van der Waals surface area contributed by atoms with Gasteiger partial charge in [0.05, 0.1) is 5.92 Å². The molecule has 112 valence electrons. The average molecular weight is 303 g/mol. The van der Waals surface area contributed by atoms with Crippen LogP contribution in [0.4, 0.5) is 0 Å². The summed E-state index contributed by atoms with van der Waals surface area (Å²) in [6.45, 7) is 1.22. The van der Waals surface area contributed by atoms with Gasteiger partial charge in [-0.05, 0) is 6.42 Å². The van der Waals surface area contributed by atoms with Gasteiger partial charge < -0.3 is 15.5 Å². The van der Waals surface area contributed by atoms with Gasteiger partial charge in [-0.2, -0.15) is 11.8 Å². The molecule has 1 aliphatic rings. The van der Waals surface area contributed by atoms with Crippen molar-refractivity contribution in [3.05, 3.63) is 0 Å². The van der Waals surface area contributed by atoms with Crippen LogP contribution in [0.15, 0.2) is 0 Å². The number of aliphatic carboxylic acids is 2. The SMILES string of the molecule is CC(=O)N[C@@H](CSC[C@@H]1C(=O)CC[C@H]1C(=O)O)C(=O)O. The maximum absolute atomic E-state index is 11.6. The van der Waals surface area contributed by atoms with Crippen molar-refractivity contribution in [2.24, 2.45) is 11.8 Å². The van der Waals surface area contributed by atoms with Gasteiger partial charge in [0.2, 0.25) is 5.91 Å². The first kappa shape index (κ1) is 16.5. The molecule has 1 amide bonds. The van der Waals surface area contributed by atoms with Crippen LogP contribution in [-0.4, -0.2) is 51.4 Å². The molecule has 3 N–H and O–H groups in total. The molecule has 1 saturated carbocycles. The molecule has 0 radical (unpaired) electrons. The fraction of sp³-hybridized carbons (Fsp3) is 0.667. The second-order valence-electron chi connectivity index (χ2n) is 4.69. The molecule has 20 heavy (non-hydrogen) atoms. The van der Waals surface area contributed by atoms with Crippen molar-refractivity contribution in [3.63, 3.8) is 0 Å². The molecule has 3 atom stereocenters. The van der Waals surface area contributed by atoms with Crippen molar-refractivity contribution >= 4 is 35.4 Å². The number of amides is 1. The number of hydrogen-bond acceptors (Lipinski definition) is 5. The first-order valence-corrected chi connectivity index (χ1v) is 7.31. The van der Waals surface area contributed by atoms with Crippen molar-refractivity contribution in [2.75, 3.05) is 11.5 Å². The minimum absolute atomic E-state index is 0.0868. The molecule has 1 fully saturated rings. The number of nitrogens with one attached hydrogen (secondary N) is 1. The number of Topliss-reactive ketones (excluding diaryl/α,β-unsaturated/α-hetero) is 1. The van der Waals surface area contributed by atoms with Gasteiger partial charge in [-0.1, -0.05) is 0 Å². The zero-order valence-electron chi connectivity index (χ0n) is 11.0. The lowest BCUT2D eigenvalue weighted by molar-refractivity contribution is -0.144. The summed E-state index contributed by atoms with van der Waals surface area (Å²) in [7, 11) is 0. The second kappa shape index (κ2) is 7.28. The molecule has 0 saturated heterocycles. The highest BCUT2D eigenvalue weighted by Crippen LogP contribution is 2.31. The van der Waals surface area contributed by atoms with Crippen LogP contribution in [0.2, 0.25) is 0 Å². The van der Waals surface area contributed by atoms with Crippen LogP contribution in [0.3, 0.4) is 0 Å². The average Bonchev–Trinajstić information content (AvgIpc) is 2.69. The van der Waals surface area contributed by atoms with E-state index in [4.69, 9.17) is 10.2 Å². The molecule has 0 heterocycles. The minimum atomic E-state index is -1.15. The standard InChI is InChI=1S/C12H17NO6S/c1-6(14)13-9(12(18)19)5-20-4-8-7(11(16)17)2-3-10(8)15/h7-9H,2-5H2,1H3,(H,13,14)(H,16,17)(H,18,19)/t7-,8+,9+/m1/s1. The Morgan fingerprint density at radius 1 is 1.40 bits per heavy atom. The second-order valence-corrected chi connectivity index (χ2v) is 5.76. The largest absolute Gasteiger partial charge is 0.481 e. The summed E-state index contributed by atoms with van der Waals surface area (Å²) in [6.07, 6.45) is 0.601. The van der Waals surface area contributed by atoms with Crippen LogP contribution in [-0.2, 0) is 19.2 Å². The number of carbonyl (C=O) groups is 4. The van der Waals surface area contributed by atoms with Gasteiger partial charge in [-0.3, -0.25) is 14.4 Å². The van der Waals surface area contributed by atoms with E-state index in [9.17, 15) is 19.2 Å². The summed E-state index contributed by atoms with van der Waals surface area (Å²) in [4.78, 5) is 44.4. The molecule has 8 heteroatoms. The van der Waals surface area contributed by atoms with Crippen molar-refractivity contribution in [1.82, 2.24) is 5.32 Å². The third kappa shape index (κ3) is 4.52. The maximum atomic E-state index is 11.6. The molecule has 0 bridgehead atoms. The molecule has 7 nitrogen and oxygen atoms in total. The summed E-state index contributed by atoms with van der Waals surface area (Å²) in [6, 6.07) is -1.03. The smallest absolute Gasteiger partial charge is 0.327 e. The third-order valence-corrected chi connectivity index (χ3v) is 4.34. The van der Waals surface area contributed by atoms with E-state index in [0.29, 0.717) is 6.42 Å². The van der Waals surface area contributed by atoms with Crippen LogP contribution < -0.4 is 5.32 Å². The van der Waals surface area contributed by atoms with Crippen molar-refractivity contribution < 1.29 is 29.4 Å². The lowest BCUT2D eigenvalue weighted by atomic mass is 9.98. The first-order valence-electron chi connectivity index (χ1n) is 6.16. The molecule has 0 unspecified atom stereocenters. The topological polar surface area (TPSA) is 121 Å². The molecule has 0 aliphatic heterocycles. The monoisotopic (exact) mass is 303 g/mol. The normalized spacial score (nSPS) is 23.4. The van der Waals surface area contributed by atoms with Gasteiger partial charge >= 0.3 is 11.9 Å². The van der Waals surface area contributed by atoms with E-state index in [2.05, 4.69) is 5.32 Å². The van der Waals surface area contributed by atoms with E-state index in [0.717, 1.165) is 0 Å². The van der Waals surface area contributed by atoms with Crippen LogP contribution in [0, 0.1) is 11.8 Å². The lowest BCUT2D eigenvalue weighted by Gasteiger charge is -2.16. The molecule has 0 aromatic carbocycles. The minimum Gasteiger partial charge on any atom is -0.481 e. The summed E-state index contributed by atoms with van der Waals surface area (Å²) < 4.78 is 0. The number of thioether (sulfide) groups is 1. The molecule has 0 aromatic rings.